The minimum Gasteiger partial charge on any atom is -0.484 e. The molecule has 0 radical (unpaired) electrons. The average molecular weight is 443 g/mol. The largest absolute Gasteiger partial charge is 0.484 e. The van der Waals surface area contributed by atoms with Gasteiger partial charge < -0.3 is 19.2 Å². The molecule has 0 atom stereocenters. The van der Waals surface area contributed by atoms with E-state index in [0.717, 1.165) is 27.9 Å². The zero-order chi connectivity index (χ0) is 23.5. The summed E-state index contributed by atoms with van der Waals surface area (Å²) < 4.78 is 17.0. The van der Waals surface area contributed by atoms with Gasteiger partial charge in [-0.3, -0.25) is 9.59 Å². The van der Waals surface area contributed by atoms with Crippen molar-refractivity contribution in [3.05, 3.63) is 93.3 Å². The molecule has 1 aromatic heterocycles. The molecule has 6 nitrogen and oxygen atoms in total. The first-order valence-electron chi connectivity index (χ1n) is 10.6. The first-order valence-corrected chi connectivity index (χ1v) is 10.6. The Morgan fingerprint density at radius 3 is 2.39 bits per heavy atom. The van der Waals surface area contributed by atoms with Crippen molar-refractivity contribution in [2.75, 3.05) is 11.9 Å². The predicted octanol–water partition coefficient (Wildman–Crippen LogP) is 5.84. The Morgan fingerprint density at radius 1 is 0.879 bits per heavy atom. The van der Waals surface area contributed by atoms with E-state index >= 15 is 0 Å². The van der Waals surface area contributed by atoms with Crippen LogP contribution in [-0.2, 0) is 4.79 Å². The van der Waals surface area contributed by atoms with Crippen LogP contribution in [0.15, 0.2) is 70.1 Å². The lowest BCUT2D eigenvalue weighted by atomic mass is 10.1. The van der Waals surface area contributed by atoms with Gasteiger partial charge in [-0.1, -0.05) is 18.2 Å². The van der Waals surface area contributed by atoms with Gasteiger partial charge in [-0.05, 0) is 80.3 Å². The second-order valence-corrected chi connectivity index (χ2v) is 8.17. The van der Waals surface area contributed by atoms with Gasteiger partial charge in [-0.25, -0.2) is 0 Å². The zero-order valence-electron chi connectivity index (χ0n) is 19.0. The van der Waals surface area contributed by atoms with Crippen molar-refractivity contribution >= 4 is 22.6 Å². The Kier molecular flexibility index (Phi) is 6.18. The highest BCUT2D eigenvalue weighted by Crippen LogP contribution is 2.25. The molecule has 0 fully saturated rings. The number of amides is 1. The molecule has 0 bridgehead atoms. The summed E-state index contributed by atoms with van der Waals surface area (Å²) in [4.78, 5) is 25.2. The third kappa shape index (κ3) is 5.23. The van der Waals surface area contributed by atoms with Gasteiger partial charge in [-0.15, -0.1) is 0 Å². The number of hydrogen-bond donors (Lipinski definition) is 1. The Morgan fingerprint density at radius 2 is 1.64 bits per heavy atom. The van der Waals surface area contributed by atoms with Gasteiger partial charge in [0.1, 0.15) is 23.3 Å². The number of ether oxygens (including phenoxy) is 2. The van der Waals surface area contributed by atoms with E-state index in [-0.39, 0.29) is 23.7 Å². The number of carbonyl (C=O) groups is 1. The summed E-state index contributed by atoms with van der Waals surface area (Å²) in [6.07, 6.45) is 1.29. The summed E-state index contributed by atoms with van der Waals surface area (Å²) in [7, 11) is 0. The van der Waals surface area contributed by atoms with Crippen LogP contribution in [-0.4, -0.2) is 12.5 Å². The number of anilines is 1. The molecule has 6 heteroatoms. The molecule has 4 aromatic rings. The van der Waals surface area contributed by atoms with E-state index in [1.54, 1.807) is 18.2 Å². The molecule has 1 amide bonds. The van der Waals surface area contributed by atoms with Crippen molar-refractivity contribution in [1.82, 2.24) is 0 Å². The van der Waals surface area contributed by atoms with E-state index in [9.17, 15) is 9.59 Å². The fourth-order valence-corrected chi connectivity index (χ4v) is 3.58. The van der Waals surface area contributed by atoms with Gasteiger partial charge in [-0.2, -0.15) is 0 Å². The normalized spacial score (nSPS) is 10.8. The number of aryl methyl sites for hydroxylation is 4. The topological polar surface area (TPSA) is 77.8 Å². The number of fused-ring (bicyclic) bond motifs is 1. The Bertz CT molecular complexity index is 1380. The lowest BCUT2D eigenvalue weighted by molar-refractivity contribution is -0.118. The standard InChI is InChI=1S/C27H25NO5/c1-16-5-6-19(4)23(12-16)28-26(29)15-31-20-7-8-22-24(13-20)32-14-25(27(22)30)33-21-10-17(2)9-18(3)11-21/h5-14H,15H2,1-4H3,(H,28,29). The third-order valence-electron chi connectivity index (χ3n) is 5.17. The number of hydrogen-bond acceptors (Lipinski definition) is 5. The van der Waals surface area contributed by atoms with E-state index in [2.05, 4.69) is 5.32 Å². The summed E-state index contributed by atoms with van der Waals surface area (Å²) in [6, 6.07) is 16.4. The zero-order valence-corrected chi connectivity index (χ0v) is 19.0. The molecule has 1 N–H and O–H groups in total. The van der Waals surface area contributed by atoms with Crippen molar-refractivity contribution in [2.24, 2.45) is 0 Å². The molecular weight excluding hydrogens is 418 g/mol. The summed E-state index contributed by atoms with van der Waals surface area (Å²) in [6.45, 7) is 7.66. The molecule has 0 aliphatic carbocycles. The van der Waals surface area contributed by atoms with Gasteiger partial charge in [0.25, 0.3) is 5.91 Å². The van der Waals surface area contributed by atoms with E-state index in [4.69, 9.17) is 13.9 Å². The van der Waals surface area contributed by atoms with Crippen LogP contribution in [0.4, 0.5) is 5.69 Å². The summed E-state index contributed by atoms with van der Waals surface area (Å²) in [5, 5.41) is 3.22. The van der Waals surface area contributed by atoms with Gasteiger partial charge >= 0.3 is 0 Å². The van der Waals surface area contributed by atoms with Crippen LogP contribution in [0, 0.1) is 27.7 Å². The predicted molar refractivity (Wildman–Crippen MR) is 129 cm³/mol. The Hall–Kier alpha value is -4.06. The molecule has 0 aliphatic rings. The highest BCUT2D eigenvalue weighted by molar-refractivity contribution is 5.92. The van der Waals surface area contributed by atoms with Crippen LogP contribution in [0.2, 0.25) is 0 Å². The van der Waals surface area contributed by atoms with E-state index in [0.29, 0.717) is 22.5 Å². The first kappa shape index (κ1) is 22.1. The van der Waals surface area contributed by atoms with Crippen LogP contribution >= 0.6 is 0 Å². The molecule has 4 rings (SSSR count). The molecule has 0 saturated carbocycles. The maximum atomic E-state index is 12.9. The second kappa shape index (κ2) is 9.20. The van der Waals surface area contributed by atoms with Crippen LogP contribution in [0.25, 0.3) is 11.0 Å². The summed E-state index contributed by atoms with van der Waals surface area (Å²) >= 11 is 0. The fraction of sp³-hybridized carbons (Fsp3) is 0.185. The third-order valence-corrected chi connectivity index (χ3v) is 5.17. The van der Waals surface area contributed by atoms with E-state index < -0.39 is 0 Å². The van der Waals surface area contributed by atoms with Crippen LogP contribution in [0.5, 0.6) is 17.2 Å². The first-order chi connectivity index (χ1) is 15.8. The number of nitrogens with one attached hydrogen (secondary N) is 1. The van der Waals surface area contributed by atoms with E-state index in [1.807, 2.05) is 64.1 Å². The van der Waals surface area contributed by atoms with Crippen LogP contribution in [0.1, 0.15) is 22.3 Å². The smallest absolute Gasteiger partial charge is 0.262 e. The molecule has 3 aromatic carbocycles. The molecule has 0 saturated heterocycles. The number of benzene rings is 3. The summed E-state index contributed by atoms with van der Waals surface area (Å²) in [5.41, 5.74) is 4.93. The van der Waals surface area contributed by atoms with Crippen molar-refractivity contribution < 1.29 is 18.7 Å². The second-order valence-electron chi connectivity index (χ2n) is 8.17. The van der Waals surface area contributed by atoms with Gasteiger partial charge in [0.05, 0.1) is 5.39 Å². The van der Waals surface area contributed by atoms with Crippen molar-refractivity contribution in [3.8, 4) is 17.2 Å². The van der Waals surface area contributed by atoms with Gasteiger partial charge in [0.15, 0.2) is 6.61 Å². The lowest BCUT2D eigenvalue weighted by Crippen LogP contribution is -2.20. The fourth-order valence-electron chi connectivity index (χ4n) is 3.58. The van der Waals surface area contributed by atoms with Gasteiger partial charge in [0, 0.05) is 11.8 Å². The van der Waals surface area contributed by atoms with E-state index in [1.165, 1.54) is 6.26 Å². The van der Waals surface area contributed by atoms with Crippen LogP contribution < -0.4 is 20.2 Å². The van der Waals surface area contributed by atoms with Crippen molar-refractivity contribution in [2.45, 2.75) is 27.7 Å². The quantitative estimate of drug-likeness (QED) is 0.405. The maximum absolute atomic E-state index is 12.9. The lowest BCUT2D eigenvalue weighted by Gasteiger charge is -2.11. The molecule has 168 valence electrons. The highest BCUT2D eigenvalue weighted by atomic mass is 16.5. The SMILES string of the molecule is Cc1cc(C)cc(Oc2coc3cc(OCC(=O)Nc4cc(C)ccc4C)ccc3c2=O)c1. The minimum atomic E-state index is -0.283. The Labute approximate surface area is 191 Å². The van der Waals surface area contributed by atoms with Gasteiger partial charge in [0.2, 0.25) is 11.2 Å². The molecule has 33 heavy (non-hydrogen) atoms. The maximum Gasteiger partial charge on any atom is 0.262 e. The average Bonchev–Trinajstić information content (AvgIpc) is 2.76. The summed E-state index contributed by atoms with van der Waals surface area (Å²) in [5.74, 6) is 0.829. The number of carbonyl (C=O) groups excluding carboxylic acids is 1. The highest BCUT2D eigenvalue weighted by Gasteiger charge is 2.12. The molecule has 0 spiro atoms. The molecular formula is C27H25NO5. The Balaban J connectivity index is 1.47. The van der Waals surface area contributed by atoms with Crippen molar-refractivity contribution in [1.29, 1.82) is 0 Å². The monoisotopic (exact) mass is 443 g/mol. The van der Waals surface area contributed by atoms with Crippen LogP contribution in [0.3, 0.4) is 0 Å². The molecule has 0 unspecified atom stereocenters. The number of rotatable bonds is 6. The molecule has 1 heterocycles. The molecule has 0 aliphatic heterocycles. The van der Waals surface area contributed by atoms with Crippen molar-refractivity contribution in [3.63, 3.8) is 0 Å². The minimum absolute atomic E-state index is 0.106.